The Morgan fingerprint density at radius 1 is 1.15 bits per heavy atom. The lowest BCUT2D eigenvalue weighted by Gasteiger charge is -2.18. The minimum atomic E-state index is -0.680. The number of carbonyl (C=O) groups is 1. The van der Waals surface area contributed by atoms with Crippen LogP contribution in [0.3, 0.4) is 0 Å². The number of nitrogens with zero attached hydrogens (tertiary/aromatic N) is 5. The van der Waals surface area contributed by atoms with Crippen molar-refractivity contribution in [1.82, 2.24) is 24.7 Å². The van der Waals surface area contributed by atoms with Gasteiger partial charge in [0.25, 0.3) is 0 Å². The predicted molar refractivity (Wildman–Crippen MR) is 127 cm³/mol. The zero-order valence-corrected chi connectivity index (χ0v) is 19.2. The summed E-state index contributed by atoms with van der Waals surface area (Å²) in [4.78, 5) is 26.9. The fraction of sp³-hybridized carbons (Fsp3) is 0.346. The molecule has 0 unspecified atom stereocenters. The summed E-state index contributed by atoms with van der Waals surface area (Å²) in [6.45, 7) is 4.07. The van der Waals surface area contributed by atoms with E-state index in [1.165, 1.54) is 18.9 Å². The summed E-state index contributed by atoms with van der Waals surface area (Å²) >= 11 is 0. The van der Waals surface area contributed by atoms with Crippen LogP contribution in [-0.4, -0.2) is 30.6 Å². The molecule has 172 valence electrons. The summed E-state index contributed by atoms with van der Waals surface area (Å²) in [7, 11) is 0. The normalized spacial score (nSPS) is 16.6. The molecule has 2 aliphatic rings. The molecular weight excluding hydrogens is 431 g/mol. The number of benzene rings is 1. The van der Waals surface area contributed by atoms with Crippen LogP contribution in [-0.2, 0) is 23.2 Å². The summed E-state index contributed by atoms with van der Waals surface area (Å²) < 4.78 is 16.0. The van der Waals surface area contributed by atoms with Crippen molar-refractivity contribution in [1.29, 1.82) is 0 Å². The average Bonchev–Trinajstić information content (AvgIpc) is 3.54. The molecule has 0 atom stereocenters. The maximum atomic E-state index is 14.3. The van der Waals surface area contributed by atoms with Crippen LogP contribution in [0.1, 0.15) is 49.9 Å². The van der Waals surface area contributed by atoms with Gasteiger partial charge < -0.3 is 5.32 Å². The largest absolute Gasteiger partial charge is 0.310 e. The Kier molecular flexibility index (Phi) is 4.72. The Bertz CT molecular complexity index is 1440. The highest BCUT2D eigenvalue weighted by molar-refractivity contribution is 6.05. The third kappa shape index (κ3) is 3.45. The molecule has 1 aromatic carbocycles. The van der Waals surface area contributed by atoms with Crippen LogP contribution < -0.4 is 5.32 Å². The van der Waals surface area contributed by atoms with Gasteiger partial charge in [0.2, 0.25) is 5.91 Å². The molecule has 0 saturated heterocycles. The first-order chi connectivity index (χ1) is 16.4. The number of fused-ring (bicyclic) bond motifs is 2. The average molecular weight is 457 g/mol. The molecule has 7 nitrogen and oxygen atoms in total. The van der Waals surface area contributed by atoms with E-state index in [4.69, 9.17) is 15.1 Å². The second kappa shape index (κ2) is 7.68. The van der Waals surface area contributed by atoms with Gasteiger partial charge >= 0.3 is 0 Å². The van der Waals surface area contributed by atoms with E-state index in [0.717, 1.165) is 35.4 Å². The van der Waals surface area contributed by atoms with E-state index in [-0.39, 0.29) is 18.3 Å². The number of rotatable bonds is 6. The van der Waals surface area contributed by atoms with E-state index < -0.39 is 5.41 Å². The molecule has 0 spiro atoms. The monoisotopic (exact) mass is 456 g/mol. The molecule has 4 aromatic rings. The molecule has 3 aromatic heterocycles. The lowest BCUT2D eigenvalue weighted by atomic mass is 9.84. The number of hydrogen-bond acceptors (Lipinski definition) is 5. The van der Waals surface area contributed by atoms with Crippen molar-refractivity contribution in [2.75, 3.05) is 5.32 Å². The van der Waals surface area contributed by atoms with Gasteiger partial charge in [-0.2, -0.15) is 5.10 Å². The summed E-state index contributed by atoms with van der Waals surface area (Å²) in [5, 5.41) is 8.52. The fourth-order valence-electron chi connectivity index (χ4n) is 4.74. The summed E-state index contributed by atoms with van der Waals surface area (Å²) in [5.74, 6) is 1.40. The summed E-state index contributed by atoms with van der Waals surface area (Å²) in [6, 6.07) is 10.4. The van der Waals surface area contributed by atoms with E-state index in [0.29, 0.717) is 28.5 Å². The van der Waals surface area contributed by atoms with Gasteiger partial charge in [-0.15, -0.1) is 0 Å². The van der Waals surface area contributed by atoms with E-state index in [2.05, 4.69) is 10.3 Å². The number of nitrogens with one attached hydrogen (secondary N) is 1. The van der Waals surface area contributed by atoms with Crippen LogP contribution in [0.5, 0.6) is 0 Å². The van der Waals surface area contributed by atoms with Crippen molar-refractivity contribution in [3.05, 3.63) is 65.2 Å². The van der Waals surface area contributed by atoms with Gasteiger partial charge in [0.1, 0.15) is 17.3 Å². The number of anilines is 1. The number of amides is 1. The number of pyridine rings is 1. The van der Waals surface area contributed by atoms with Crippen LogP contribution in [0.25, 0.3) is 22.6 Å². The van der Waals surface area contributed by atoms with Crippen molar-refractivity contribution in [2.24, 2.45) is 5.92 Å². The van der Waals surface area contributed by atoms with Crippen molar-refractivity contribution in [3.63, 3.8) is 0 Å². The highest BCUT2D eigenvalue weighted by atomic mass is 19.1. The lowest BCUT2D eigenvalue weighted by molar-refractivity contribution is -0.119. The van der Waals surface area contributed by atoms with Crippen molar-refractivity contribution >= 4 is 22.8 Å². The first-order valence-corrected chi connectivity index (χ1v) is 11.7. The number of carbonyl (C=O) groups excluding carboxylic acids is 1. The number of hydrogen-bond donors (Lipinski definition) is 1. The quantitative estimate of drug-likeness (QED) is 0.457. The molecule has 6 rings (SSSR count). The Hall–Kier alpha value is -3.68. The highest BCUT2D eigenvalue weighted by Crippen LogP contribution is 2.41. The zero-order valence-electron chi connectivity index (χ0n) is 19.2. The van der Waals surface area contributed by atoms with Crippen LogP contribution in [0.2, 0.25) is 0 Å². The number of aromatic nitrogens is 5. The Morgan fingerprint density at radius 3 is 2.76 bits per heavy atom. The van der Waals surface area contributed by atoms with Crippen molar-refractivity contribution in [2.45, 2.75) is 51.5 Å². The molecule has 0 bridgehead atoms. The van der Waals surface area contributed by atoms with Crippen molar-refractivity contribution < 1.29 is 9.18 Å². The SMILES string of the molecule is CC1(C)C(=O)Nc2nc(-c3nn(Cc4ccccc4F)c4ncccc34)nc(CCC3CC3)c21. The number of aryl methyl sites for hydroxylation is 1. The second-order valence-electron chi connectivity index (χ2n) is 9.75. The van der Waals surface area contributed by atoms with Gasteiger partial charge in [-0.05, 0) is 50.8 Å². The Balaban J connectivity index is 1.48. The van der Waals surface area contributed by atoms with E-state index >= 15 is 0 Å². The van der Waals surface area contributed by atoms with Crippen LogP contribution in [0.15, 0.2) is 42.6 Å². The molecule has 1 N–H and O–H groups in total. The van der Waals surface area contributed by atoms with Gasteiger partial charge in [-0.3, -0.25) is 4.79 Å². The molecule has 8 heteroatoms. The molecule has 1 saturated carbocycles. The smallest absolute Gasteiger partial charge is 0.235 e. The third-order valence-corrected chi connectivity index (χ3v) is 6.89. The predicted octanol–water partition coefficient (Wildman–Crippen LogP) is 4.65. The highest BCUT2D eigenvalue weighted by Gasteiger charge is 2.42. The lowest BCUT2D eigenvalue weighted by Crippen LogP contribution is -2.28. The molecule has 1 aliphatic carbocycles. The standard InChI is InChI=1S/C26H25FN6O/c1-26(2)20-19(12-11-15-9-10-15)29-23(30-22(20)31-25(26)34)21-17-7-5-13-28-24(17)33(32-21)14-16-6-3-4-8-18(16)27/h3-8,13,15H,9-12,14H2,1-2H3,(H,29,30,31,34). The van der Waals surface area contributed by atoms with Gasteiger partial charge in [0, 0.05) is 17.3 Å². The third-order valence-electron chi connectivity index (χ3n) is 6.89. The van der Waals surface area contributed by atoms with Crippen LogP contribution in [0.4, 0.5) is 10.2 Å². The van der Waals surface area contributed by atoms with Crippen LogP contribution >= 0.6 is 0 Å². The maximum Gasteiger partial charge on any atom is 0.235 e. The molecule has 1 fully saturated rings. The number of halogens is 1. The second-order valence-corrected chi connectivity index (χ2v) is 9.75. The topological polar surface area (TPSA) is 85.6 Å². The molecular formula is C26H25FN6O. The van der Waals surface area contributed by atoms with Gasteiger partial charge in [-0.25, -0.2) is 24.0 Å². The molecule has 34 heavy (non-hydrogen) atoms. The van der Waals surface area contributed by atoms with Gasteiger partial charge in [0.05, 0.1) is 23.0 Å². The maximum absolute atomic E-state index is 14.3. The minimum absolute atomic E-state index is 0.0711. The first kappa shape index (κ1) is 20.9. The first-order valence-electron chi connectivity index (χ1n) is 11.7. The van der Waals surface area contributed by atoms with Crippen LogP contribution in [0, 0.1) is 11.7 Å². The Morgan fingerprint density at radius 2 is 1.97 bits per heavy atom. The minimum Gasteiger partial charge on any atom is -0.310 e. The summed E-state index contributed by atoms with van der Waals surface area (Å²) in [6.07, 6.45) is 6.07. The molecule has 1 amide bonds. The molecule has 4 heterocycles. The summed E-state index contributed by atoms with van der Waals surface area (Å²) in [5.41, 5.74) is 2.84. The van der Waals surface area contributed by atoms with E-state index in [1.807, 2.05) is 26.0 Å². The Labute approximate surface area is 196 Å². The van der Waals surface area contributed by atoms with Gasteiger partial charge in [-0.1, -0.05) is 31.0 Å². The van der Waals surface area contributed by atoms with Crippen molar-refractivity contribution in [3.8, 4) is 11.5 Å². The molecule has 0 radical (unpaired) electrons. The van der Waals surface area contributed by atoms with E-state index in [1.54, 1.807) is 29.1 Å². The fourth-order valence-corrected chi connectivity index (χ4v) is 4.74. The van der Waals surface area contributed by atoms with E-state index in [9.17, 15) is 9.18 Å². The zero-order chi connectivity index (χ0) is 23.4. The molecule has 1 aliphatic heterocycles. The van der Waals surface area contributed by atoms with Gasteiger partial charge in [0.15, 0.2) is 11.5 Å².